The second kappa shape index (κ2) is 8.44. The van der Waals surface area contributed by atoms with Crippen molar-refractivity contribution in [2.24, 2.45) is 0 Å². The number of nitrogens with zero attached hydrogens (tertiary/aromatic N) is 1. The van der Waals surface area contributed by atoms with Gasteiger partial charge < -0.3 is 9.47 Å². The van der Waals surface area contributed by atoms with Gasteiger partial charge in [0.2, 0.25) is 5.78 Å². The van der Waals surface area contributed by atoms with E-state index in [1.807, 2.05) is 0 Å². The summed E-state index contributed by atoms with van der Waals surface area (Å²) in [6, 6.07) is 8.94. The van der Waals surface area contributed by atoms with E-state index in [2.05, 4.69) is 0 Å². The molecule has 0 aliphatic rings. The number of rotatable bonds is 7. The predicted molar refractivity (Wildman–Crippen MR) is 94.8 cm³/mol. The smallest absolute Gasteiger partial charge is 0.310 e. The molecule has 0 aliphatic carbocycles. The molecular weight excluding hydrogens is 362 g/mol. The van der Waals surface area contributed by atoms with Gasteiger partial charge in [-0.3, -0.25) is 19.7 Å². The van der Waals surface area contributed by atoms with Gasteiger partial charge in [-0.1, -0.05) is 23.7 Å². The van der Waals surface area contributed by atoms with E-state index in [0.717, 1.165) is 0 Å². The lowest BCUT2D eigenvalue weighted by atomic mass is 10.1. The van der Waals surface area contributed by atoms with Crippen LogP contribution in [0.15, 0.2) is 36.4 Å². The van der Waals surface area contributed by atoms with Gasteiger partial charge in [0.15, 0.2) is 6.61 Å². The Hall–Kier alpha value is -2.93. The number of halogens is 1. The summed E-state index contributed by atoms with van der Waals surface area (Å²) in [5, 5.41) is 11.4. The molecule has 0 saturated heterocycles. The number of esters is 1. The van der Waals surface area contributed by atoms with Crippen LogP contribution in [0.25, 0.3) is 0 Å². The number of hydrogen-bond acceptors (Lipinski definition) is 6. The van der Waals surface area contributed by atoms with Gasteiger partial charge >= 0.3 is 5.97 Å². The van der Waals surface area contributed by atoms with Crippen molar-refractivity contribution in [1.29, 1.82) is 0 Å². The van der Waals surface area contributed by atoms with E-state index in [-0.39, 0.29) is 17.7 Å². The minimum absolute atomic E-state index is 0.107. The van der Waals surface area contributed by atoms with Crippen LogP contribution >= 0.6 is 11.6 Å². The largest absolute Gasteiger partial charge is 0.496 e. The highest BCUT2D eigenvalue weighted by atomic mass is 35.5. The maximum Gasteiger partial charge on any atom is 0.310 e. The van der Waals surface area contributed by atoms with Gasteiger partial charge in [-0.05, 0) is 25.1 Å². The van der Waals surface area contributed by atoms with Crippen molar-refractivity contribution in [2.45, 2.75) is 13.3 Å². The van der Waals surface area contributed by atoms with E-state index in [0.29, 0.717) is 21.9 Å². The zero-order valence-corrected chi connectivity index (χ0v) is 14.9. The topological polar surface area (TPSA) is 95.7 Å². The number of benzene rings is 2. The highest BCUT2D eigenvalue weighted by Crippen LogP contribution is 2.23. The average molecular weight is 378 g/mol. The first-order valence-corrected chi connectivity index (χ1v) is 7.96. The molecular formula is C18H16ClNO6. The fourth-order valence-electron chi connectivity index (χ4n) is 2.30. The Balaban J connectivity index is 2.01. The van der Waals surface area contributed by atoms with Crippen LogP contribution < -0.4 is 4.74 Å². The van der Waals surface area contributed by atoms with E-state index in [4.69, 9.17) is 21.1 Å². The lowest BCUT2D eigenvalue weighted by Gasteiger charge is -2.09. The maximum absolute atomic E-state index is 12.1. The summed E-state index contributed by atoms with van der Waals surface area (Å²) in [5.74, 6) is -0.688. The Labute approximate surface area is 154 Å². The highest BCUT2D eigenvalue weighted by Gasteiger charge is 2.17. The molecule has 0 bridgehead atoms. The first-order valence-electron chi connectivity index (χ1n) is 7.58. The molecule has 136 valence electrons. The van der Waals surface area contributed by atoms with Crippen molar-refractivity contribution in [1.82, 2.24) is 0 Å². The van der Waals surface area contributed by atoms with Crippen LogP contribution in [0.4, 0.5) is 5.69 Å². The predicted octanol–water partition coefficient (Wildman–Crippen LogP) is 3.53. The van der Waals surface area contributed by atoms with Crippen LogP contribution in [0.2, 0.25) is 5.02 Å². The molecule has 2 aromatic rings. The molecule has 8 heteroatoms. The molecule has 0 amide bonds. The van der Waals surface area contributed by atoms with Crippen molar-refractivity contribution in [2.75, 3.05) is 13.7 Å². The van der Waals surface area contributed by atoms with Crippen molar-refractivity contribution >= 4 is 29.0 Å². The number of nitro groups is 1. The van der Waals surface area contributed by atoms with Crippen LogP contribution in [0.3, 0.4) is 0 Å². The lowest BCUT2D eigenvalue weighted by Crippen LogP contribution is -2.16. The summed E-state index contributed by atoms with van der Waals surface area (Å²) in [6.07, 6.45) is -0.120. The third-order valence-corrected chi connectivity index (χ3v) is 3.90. The summed E-state index contributed by atoms with van der Waals surface area (Å²) in [4.78, 5) is 34.5. The Morgan fingerprint density at radius 2 is 1.92 bits per heavy atom. The number of carbonyl (C=O) groups excluding carboxylic acids is 2. The molecule has 2 aromatic carbocycles. The number of ketones is 1. The molecule has 0 radical (unpaired) electrons. The zero-order chi connectivity index (χ0) is 19.3. The second-order valence-electron chi connectivity index (χ2n) is 5.48. The number of nitro benzene ring substituents is 1. The number of hydrogen-bond donors (Lipinski definition) is 0. The van der Waals surface area contributed by atoms with Crippen LogP contribution in [0.5, 0.6) is 5.75 Å². The summed E-state index contributed by atoms with van der Waals surface area (Å²) in [7, 11) is 1.46. The van der Waals surface area contributed by atoms with Gasteiger partial charge in [-0.15, -0.1) is 0 Å². The van der Waals surface area contributed by atoms with Gasteiger partial charge in [0, 0.05) is 27.8 Å². The van der Waals surface area contributed by atoms with Crippen LogP contribution in [0.1, 0.15) is 21.5 Å². The first kappa shape index (κ1) is 19.4. The van der Waals surface area contributed by atoms with E-state index in [1.54, 1.807) is 25.1 Å². The Morgan fingerprint density at radius 1 is 1.19 bits per heavy atom. The third kappa shape index (κ3) is 4.80. The summed E-state index contributed by atoms with van der Waals surface area (Å²) < 4.78 is 10.1. The Morgan fingerprint density at radius 3 is 2.58 bits per heavy atom. The van der Waals surface area contributed by atoms with E-state index >= 15 is 0 Å². The summed E-state index contributed by atoms with van der Waals surface area (Å²) in [5.41, 5.74) is 0.918. The third-order valence-electron chi connectivity index (χ3n) is 3.67. The molecule has 26 heavy (non-hydrogen) atoms. The monoisotopic (exact) mass is 377 g/mol. The molecule has 0 spiro atoms. The normalized spacial score (nSPS) is 10.3. The fourth-order valence-corrected chi connectivity index (χ4v) is 2.50. The molecule has 0 saturated carbocycles. The standard InChI is InChI=1S/C18H16ClNO6/c1-11-3-4-12(8-15(11)20(23)24)16(21)10-26-18(22)9-13-7-14(19)5-6-17(13)25-2/h3-8H,9-10H2,1-2H3. The molecule has 0 heterocycles. The number of methoxy groups -OCH3 is 1. The quantitative estimate of drug-likeness (QED) is 0.317. The van der Waals surface area contributed by atoms with Crippen LogP contribution in [0, 0.1) is 17.0 Å². The fraction of sp³-hybridized carbons (Fsp3) is 0.222. The molecule has 2 rings (SSSR count). The van der Waals surface area contributed by atoms with E-state index < -0.39 is 23.3 Å². The molecule has 0 N–H and O–H groups in total. The van der Waals surface area contributed by atoms with Crippen LogP contribution in [-0.2, 0) is 16.0 Å². The summed E-state index contributed by atoms with van der Waals surface area (Å²) in [6.45, 7) is 1.06. The molecule has 0 unspecified atom stereocenters. The van der Waals surface area contributed by atoms with Crippen molar-refractivity contribution < 1.29 is 24.0 Å². The first-order chi connectivity index (χ1) is 12.3. The minimum Gasteiger partial charge on any atom is -0.496 e. The average Bonchev–Trinajstić information content (AvgIpc) is 2.60. The molecule has 7 nitrogen and oxygen atoms in total. The number of carbonyl (C=O) groups is 2. The van der Waals surface area contributed by atoms with Crippen molar-refractivity contribution in [3.63, 3.8) is 0 Å². The molecule has 0 aromatic heterocycles. The highest BCUT2D eigenvalue weighted by molar-refractivity contribution is 6.30. The number of ether oxygens (including phenoxy) is 2. The molecule has 0 atom stereocenters. The van der Waals surface area contributed by atoms with E-state index in [1.165, 1.54) is 25.3 Å². The SMILES string of the molecule is COc1ccc(Cl)cc1CC(=O)OCC(=O)c1ccc(C)c([N+](=O)[O-])c1. The maximum atomic E-state index is 12.1. The second-order valence-corrected chi connectivity index (χ2v) is 5.91. The van der Waals surface area contributed by atoms with Gasteiger partial charge in [0.1, 0.15) is 5.75 Å². The number of Topliss-reactive ketones (excluding diaryl/α,β-unsaturated/α-hetero) is 1. The summed E-state index contributed by atoms with van der Waals surface area (Å²) >= 11 is 5.90. The van der Waals surface area contributed by atoms with Crippen molar-refractivity contribution in [3.05, 3.63) is 68.2 Å². The van der Waals surface area contributed by atoms with Gasteiger partial charge in [0.25, 0.3) is 5.69 Å². The van der Waals surface area contributed by atoms with Crippen molar-refractivity contribution in [3.8, 4) is 5.75 Å². The number of aryl methyl sites for hydroxylation is 1. The lowest BCUT2D eigenvalue weighted by molar-refractivity contribution is -0.385. The van der Waals surface area contributed by atoms with Crippen LogP contribution in [-0.4, -0.2) is 30.4 Å². The minimum atomic E-state index is -0.638. The van der Waals surface area contributed by atoms with Gasteiger partial charge in [0.05, 0.1) is 18.5 Å². The zero-order valence-electron chi connectivity index (χ0n) is 14.2. The molecule has 0 aliphatic heterocycles. The van der Waals surface area contributed by atoms with Gasteiger partial charge in [-0.25, -0.2) is 0 Å². The Kier molecular flexibility index (Phi) is 6.30. The molecule has 0 fully saturated rings. The van der Waals surface area contributed by atoms with Gasteiger partial charge in [-0.2, -0.15) is 0 Å². The Bertz CT molecular complexity index is 865. The van der Waals surface area contributed by atoms with E-state index in [9.17, 15) is 19.7 Å².